The van der Waals surface area contributed by atoms with Crippen LogP contribution in [0.2, 0.25) is 0 Å². The van der Waals surface area contributed by atoms with Gasteiger partial charge in [-0.25, -0.2) is 9.97 Å². The SMILES string of the molecule is CCCNc1cc(NCCC#N)nc(C)n1. The van der Waals surface area contributed by atoms with E-state index in [9.17, 15) is 0 Å². The summed E-state index contributed by atoms with van der Waals surface area (Å²) in [6.07, 6.45) is 1.53. The van der Waals surface area contributed by atoms with Gasteiger partial charge >= 0.3 is 0 Å². The van der Waals surface area contributed by atoms with Gasteiger partial charge in [-0.3, -0.25) is 0 Å². The van der Waals surface area contributed by atoms with Crippen molar-refractivity contribution in [2.24, 2.45) is 0 Å². The molecule has 1 aromatic rings. The Labute approximate surface area is 95.9 Å². The van der Waals surface area contributed by atoms with Gasteiger partial charge in [0.1, 0.15) is 17.5 Å². The fourth-order valence-electron chi connectivity index (χ4n) is 1.25. The zero-order valence-electron chi connectivity index (χ0n) is 9.75. The van der Waals surface area contributed by atoms with E-state index in [1.54, 1.807) is 0 Å². The zero-order chi connectivity index (χ0) is 11.8. The molecule has 5 nitrogen and oxygen atoms in total. The summed E-state index contributed by atoms with van der Waals surface area (Å²) in [5.74, 6) is 2.32. The van der Waals surface area contributed by atoms with Crippen molar-refractivity contribution >= 4 is 11.6 Å². The summed E-state index contributed by atoms with van der Waals surface area (Å²) in [5.41, 5.74) is 0. The number of hydrogen-bond acceptors (Lipinski definition) is 5. The molecule has 2 N–H and O–H groups in total. The minimum Gasteiger partial charge on any atom is -0.370 e. The van der Waals surface area contributed by atoms with Gasteiger partial charge in [-0.15, -0.1) is 0 Å². The quantitative estimate of drug-likeness (QED) is 0.715. The molecule has 86 valence electrons. The summed E-state index contributed by atoms with van der Waals surface area (Å²) in [5, 5.41) is 14.7. The molecule has 0 saturated heterocycles. The second-order valence-electron chi connectivity index (χ2n) is 3.45. The van der Waals surface area contributed by atoms with Crippen molar-refractivity contribution < 1.29 is 0 Å². The molecule has 0 bridgehead atoms. The van der Waals surface area contributed by atoms with E-state index in [4.69, 9.17) is 5.26 Å². The third kappa shape index (κ3) is 4.13. The Hall–Kier alpha value is -1.83. The van der Waals surface area contributed by atoms with E-state index >= 15 is 0 Å². The molecule has 0 aromatic carbocycles. The summed E-state index contributed by atoms with van der Waals surface area (Å²) in [7, 11) is 0. The molecular weight excluding hydrogens is 202 g/mol. The van der Waals surface area contributed by atoms with E-state index < -0.39 is 0 Å². The molecule has 1 rings (SSSR count). The number of nitriles is 1. The molecule has 0 atom stereocenters. The lowest BCUT2D eigenvalue weighted by Gasteiger charge is -2.08. The van der Waals surface area contributed by atoms with E-state index in [2.05, 4.69) is 33.6 Å². The molecule has 1 heterocycles. The first-order valence-electron chi connectivity index (χ1n) is 5.46. The maximum atomic E-state index is 8.43. The highest BCUT2D eigenvalue weighted by Gasteiger charge is 2.00. The number of hydrogen-bond donors (Lipinski definition) is 2. The lowest BCUT2D eigenvalue weighted by Crippen LogP contribution is -2.08. The molecule has 0 aliphatic heterocycles. The lowest BCUT2D eigenvalue weighted by molar-refractivity contribution is 0.950. The van der Waals surface area contributed by atoms with Gasteiger partial charge in [0.25, 0.3) is 0 Å². The lowest BCUT2D eigenvalue weighted by atomic mass is 10.4. The molecule has 0 saturated carbocycles. The van der Waals surface area contributed by atoms with E-state index in [0.717, 1.165) is 30.4 Å². The smallest absolute Gasteiger partial charge is 0.131 e. The molecule has 0 unspecified atom stereocenters. The monoisotopic (exact) mass is 219 g/mol. The summed E-state index contributed by atoms with van der Waals surface area (Å²) in [6, 6.07) is 3.94. The molecule has 0 aliphatic carbocycles. The Kier molecular flexibility index (Phi) is 5.06. The van der Waals surface area contributed by atoms with Crippen LogP contribution >= 0.6 is 0 Å². The third-order valence-electron chi connectivity index (χ3n) is 1.94. The molecular formula is C11H17N5. The number of nitrogens with one attached hydrogen (secondary N) is 2. The molecule has 0 amide bonds. The van der Waals surface area contributed by atoms with Gasteiger partial charge in [0, 0.05) is 19.2 Å². The largest absolute Gasteiger partial charge is 0.370 e. The van der Waals surface area contributed by atoms with Crippen molar-refractivity contribution in [1.29, 1.82) is 5.26 Å². The Morgan fingerprint density at radius 1 is 1.25 bits per heavy atom. The van der Waals surface area contributed by atoms with E-state index in [1.165, 1.54) is 0 Å². The van der Waals surface area contributed by atoms with E-state index in [-0.39, 0.29) is 0 Å². The van der Waals surface area contributed by atoms with Crippen LogP contribution < -0.4 is 10.6 Å². The maximum Gasteiger partial charge on any atom is 0.131 e. The number of rotatable bonds is 6. The first kappa shape index (κ1) is 12.2. The predicted octanol–water partition coefficient (Wildman–Crippen LogP) is 1.93. The van der Waals surface area contributed by atoms with Crippen LogP contribution in [0, 0.1) is 18.3 Å². The van der Waals surface area contributed by atoms with Crippen LogP contribution in [0.4, 0.5) is 11.6 Å². The Morgan fingerprint density at radius 2 is 1.88 bits per heavy atom. The predicted molar refractivity (Wildman–Crippen MR) is 64.3 cm³/mol. The maximum absolute atomic E-state index is 8.43. The highest BCUT2D eigenvalue weighted by molar-refractivity contribution is 5.47. The van der Waals surface area contributed by atoms with E-state index in [0.29, 0.717) is 13.0 Å². The zero-order valence-corrected chi connectivity index (χ0v) is 9.75. The summed E-state index contributed by atoms with van der Waals surface area (Å²) in [6.45, 7) is 5.47. The standard InChI is InChI=1S/C11H17N5/c1-3-6-13-10-8-11(14-7-4-5-12)16-9(2)15-10/h8H,3-4,6-7H2,1-2H3,(H2,13,14,15,16). The summed E-state index contributed by atoms with van der Waals surface area (Å²) in [4.78, 5) is 8.51. The number of nitrogens with zero attached hydrogens (tertiary/aromatic N) is 3. The Morgan fingerprint density at radius 3 is 2.44 bits per heavy atom. The molecule has 0 aliphatic rings. The molecule has 5 heteroatoms. The second kappa shape index (κ2) is 6.62. The highest BCUT2D eigenvalue weighted by atomic mass is 15.1. The molecule has 1 aromatic heterocycles. The van der Waals surface area contributed by atoms with Gasteiger partial charge in [-0.2, -0.15) is 5.26 Å². The van der Waals surface area contributed by atoms with Crippen molar-refractivity contribution in [2.75, 3.05) is 23.7 Å². The molecule has 16 heavy (non-hydrogen) atoms. The van der Waals surface area contributed by atoms with Gasteiger partial charge in [0.15, 0.2) is 0 Å². The number of aryl methyl sites for hydroxylation is 1. The van der Waals surface area contributed by atoms with Crippen LogP contribution in [0.3, 0.4) is 0 Å². The number of aromatic nitrogens is 2. The minimum atomic E-state index is 0.473. The molecule has 0 spiro atoms. The van der Waals surface area contributed by atoms with Gasteiger partial charge in [0.05, 0.1) is 12.5 Å². The first-order chi connectivity index (χ1) is 7.76. The highest BCUT2D eigenvalue weighted by Crippen LogP contribution is 2.10. The van der Waals surface area contributed by atoms with Crippen molar-refractivity contribution in [3.05, 3.63) is 11.9 Å². The van der Waals surface area contributed by atoms with Crippen molar-refractivity contribution in [3.63, 3.8) is 0 Å². The fraction of sp³-hybridized carbons (Fsp3) is 0.545. The molecule has 0 fully saturated rings. The first-order valence-corrected chi connectivity index (χ1v) is 5.46. The van der Waals surface area contributed by atoms with Gasteiger partial charge in [0.2, 0.25) is 0 Å². The second-order valence-corrected chi connectivity index (χ2v) is 3.45. The van der Waals surface area contributed by atoms with Crippen LogP contribution in [0.25, 0.3) is 0 Å². The van der Waals surface area contributed by atoms with E-state index in [1.807, 2.05) is 13.0 Å². The van der Waals surface area contributed by atoms with Gasteiger partial charge in [-0.1, -0.05) is 6.92 Å². The molecule has 0 radical (unpaired) electrons. The van der Waals surface area contributed by atoms with Crippen molar-refractivity contribution in [3.8, 4) is 6.07 Å². The Balaban J connectivity index is 2.62. The number of anilines is 2. The van der Waals surface area contributed by atoms with Gasteiger partial charge < -0.3 is 10.6 Å². The average Bonchev–Trinajstić information content (AvgIpc) is 2.26. The van der Waals surface area contributed by atoms with Crippen molar-refractivity contribution in [1.82, 2.24) is 9.97 Å². The normalized spacial score (nSPS) is 9.56. The Bertz CT molecular complexity index is 369. The third-order valence-corrected chi connectivity index (χ3v) is 1.94. The minimum absolute atomic E-state index is 0.473. The average molecular weight is 219 g/mol. The van der Waals surface area contributed by atoms with Gasteiger partial charge in [-0.05, 0) is 13.3 Å². The summed E-state index contributed by atoms with van der Waals surface area (Å²) < 4.78 is 0. The fourth-order valence-corrected chi connectivity index (χ4v) is 1.25. The van der Waals surface area contributed by atoms with Crippen LogP contribution in [0.1, 0.15) is 25.6 Å². The van der Waals surface area contributed by atoms with Crippen molar-refractivity contribution in [2.45, 2.75) is 26.7 Å². The topological polar surface area (TPSA) is 73.6 Å². The van der Waals surface area contributed by atoms with Crippen LogP contribution in [-0.2, 0) is 0 Å². The van der Waals surface area contributed by atoms with Crippen LogP contribution in [0.5, 0.6) is 0 Å². The summed E-state index contributed by atoms with van der Waals surface area (Å²) >= 11 is 0. The van der Waals surface area contributed by atoms with Crippen LogP contribution in [0.15, 0.2) is 6.07 Å². The van der Waals surface area contributed by atoms with Crippen LogP contribution in [-0.4, -0.2) is 23.1 Å².